The van der Waals surface area contributed by atoms with Crippen molar-refractivity contribution in [3.05, 3.63) is 29.3 Å². The van der Waals surface area contributed by atoms with Gasteiger partial charge >= 0.3 is 0 Å². The van der Waals surface area contributed by atoms with Crippen molar-refractivity contribution in [2.75, 3.05) is 39.3 Å². The molecule has 2 saturated heterocycles. The van der Waals surface area contributed by atoms with Gasteiger partial charge in [0.2, 0.25) is 10.0 Å². The molecule has 2 atom stereocenters. The smallest absolute Gasteiger partial charge is 0.282 e. The van der Waals surface area contributed by atoms with Gasteiger partial charge in [-0.1, -0.05) is 6.07 Å². The van der Waals surface area contributed by atoms with Crippen LogP contribution in [0, 0.1) is 0 Å². The lowest BCUT2D eigenvalue weighted by Gasteiger charge is -2.40. The zero-order chi connectivity index (χ0) is 20.8. The second-order valence-corrected chi connectivity index (χ2v) is 12.0. The molecular weight excluding hydrogens is 414 g/mol. The molecular formula is C19H29N3O5S2. The largest absolute Gasteiger partial charge is 0.373 e. The van der Waals surface area contributed by atoms with Crippen molar-refractivity contribution in [3.63, 3.8) is 0 Å². The predicted molar refractivity (Wildman–Crippen MR) is 109 cm³/mol. The Morgan fingerprint density at radius 3 is 2.07 bits per heavy atom. The van der Waals surface area contributed by atoms with Gasteiger partial charge in [-0.25, -0.2) is 8.42 Å². The molecule has 2 heterocycles. The van der Waals surface area contributed by atoms with Gasteiger partial charge in [-0.2, -0.15) is 21.3 Å². The molecule has 162 valence electrons. The van der Waals surface area contributed by atoms with Crippen LogP contribution in [0.1, 0.15) is 31.4 Å². The molecule has 10 heteroatoms. The van der Waals surface area contributed by atoms with Gasteiger partial charge in [0.05, 0.1) is 17.1 Å². The summed E-state index contributed by atoms with van der Waals surface area (Å²) in [4.78, 5) is 0.310. The minimum atomic E-state index is -3.63. The van der Waals surface area contributed by atoms with Crippen molar-refractivity contribution in [2.45, 2.75) is 50.2 Å². The first kappa shape index (κ1) is 21.2. The maximum Gasteiger partial charge on any atom is 0.282 e. The number of aryl methyl sites for hydroxylation is 2. The Hall–Kier alpha value is -1.04. The van der Waals surface area contributed by atoms with Crippen LogP contribution in [0.25, 0.3) is 0 Å². The highest BCUT2D eigenvalue weighted by Gasteiger charge is 2.38. The molecule has 4 rings (SSSR count). The maximum atomic E-state index is 13.1. The first-order valence-electron chi connectivity index (χ1n) is 10.2. The lowest BCUT2D eigenvalue weighted by molar-refractivity contribution is -0.0456. The van der Waals surface area contributed by atoms with E-state index >= 15 is 0 Å². The van der Waals surface area contributed by atoms with Crippen LogP contribution in [0.4, 0.5) is 0 Å². The summed E-state index contributed by atoms with van der Waals surface area (Å²) in [7, 11) is -7.24. The first-order valence-corrected chi connectivity index (χ1v) is 13.0. The Bertz CT molecular complexity index is 962. The molecule has 0 spiro atoms. The quantitative estimate of drug-likeness (QED) is 0.688. The second-order valence-electron chi connectivity index (χ2n) is 8.17. The number of hydrogen-bond donors (Lipinski definition) is 0. The van der Waals surface area contributed by atoms with Crippen LogP contribution < -0.4 is 0 Å². The van der Waals surface area contributed by atoms with Crippen LogP contribution in [-0.2, 0) is 37.8 Å². The van der Waals surface area contributed by atoms with E-state index in [1.807, 2.05) is 19.9 Å². The summed E-state index contributed by atoms with van der Waals surface area (Å²) >= 11 is 0. The summed E-state index contributed by atoms with van der Waals surface area (Å²) < 4.78 is 62.0. The molecule has 0 radical (unpaired) electrons. The third-order valence-electron chi connectivity index (χ3n) is 5.94. The maximum absolute atomic E-state index is 13.1. The van der Waals surface area contributed by atoms with Crippen molar-refractivity contribution in [3.8, 4) is 0 Å². The molecule has 1 aromatic rings. The Morgan fingerprint density at radius 2 is 1.41 bits per heavy atom. The first-order chi connectivity index (χ1) is 13.7. The zero-order valence-corrected chi connectivity index (χ0v) is 18.6. The molecule has 8 nitrogen and oxygen atoms in total. The monoisotopic (exact) mass is 443 g/mol. The number of morpholine rings is 1. The van der Waals surface area contributed by atoms with E-state index in [9.17, 15) is 16.8 Å². The molecule has 2 aliphatic heterocycles. The highest BCUT2D eigenvalue weighted by molar-refractivity contribution is 7.89. The summed E-state index contributed by atoms with van der Waals surface area (Å²) in [6.07, 6.45) is 2.67. The van der Waals surface area contributed by atoms with Gasteiger partial charge in [0, 0.05) is 39.3 Å². The van der Waals surface area contributed by atoms with Gasteiger partial charge in [0.25, 0.3) is 10.2 Å². The molecule has 0 N–H and O–H groups in total. The molecule has 3 aliphatic rings. The van der Waals surface area contributed by atoms with Gasteiger partial charge in [0.1, 0.15) is 0 Å². The number of sulfonamides is 1. The molecule has 2 unspecified atom stereocenters. The van der Waals surface area contributed by atoms with Crippen LogP contribution in [0.15, 0.2) is 23.1 Å². The van der Waals surface area contributed by atoms with E-state index < -0.39 is 20.2 Å². The fourth-order valence-electron chi connectivity index (χ4n) is 4.48. The third-order valence-corrected chi connectivity index (χ3v) is 9.81. The van der Waals surface area contributed by atoms with E-state index in [1.54, 1.807) is 12.1 Å². The highest BCUT2D eigenvalue weighted by atomic mass is 32.2. The van der Waals surface area contributed by atoms with E-state index in [0.29, 0.717) is 18.0 Å². The van der Waals surface area contributed by atoms with Crippen LogP contribution in [0.2, 0.25) is 0 Å². The summed E-state index contributed by atoms with van der Waals surface area (Å²) in [5.41, 5.74) is 2.34. The number of piperazine rings is 1. The molecule has 0 aromatic heterocycles. The molecule has 2 fully saturated rings. The van der Waals surface area contributed by atoms with Gasteiger partial charge < -0.3 is 4.74 Å². The number of benzene rings is 1. The third kappa shape index (κ3) is 4.11. The minimum Gasteiger partial charge on any atom is -0.373 e. The second kappa shape index (κ2) is 7.90. The average molecular weight is 444 g/mol. The Labute approximate surface area is 173 Å². The number of fused-ring (bicyclic) bond motifs is 1. The number of rotatable bonds is 4. The van der Waals surface area contributed by atoms with Gasteiger partial charge in [-0.3, -0.25) is 0 Å². The van der Waals surface area contributed by atoms with Crippen molar-refractivity contribution in [1.29, 1.82) is 0 Å². The Balaban J connectivity index is 1.45. The highest BCUT2D eigenvalue weighted by Crippen LogP contribution is 2.27. The molecule has 0 amide bonds. The summed E-state index contributed by atoms with van der Waals surface area (Å²) in [5, 5.41) is 0. The van der Waals surface area contributed by atoms with Crippen LogP contribution in [0.5, 0.6) is 0 Å². The van der Waals surface area contributed by atoms with Crippen LogP contribution >= 0.6 is 0 Å². The summed E-state index contributed by atoms with van der Waals surface area (Å²) in [6.45, 7) is 5.00. The summed E-state index contributed by atoms with van der Waals surface area (Å²) in [5.74, 6) is 0. The van der Waals surface area contributed by atoms with Crippen LogP contribution in [-0.4, -0.2) is 81.2 Å². The fourth-order valence-corrected chi connectivity index (χ4v) is 7.70. The lowest BCUT2D eigenvalue weighted by Crippen LogP contribution is -2.57. The lowest BCUT2D eigenvalue weighted by atomic mass is 10.1. The number of nitrogens with zero attached hydrogens (tertiary/aromatic N) is 3. The van der Waals surface area contributed by atoms with Crippen molar-refractivity contribution in [2.24, 2.45) is 0 Å². The molecule has 0 bridgehead atoms. The van der Waals surface area contributed by atoms with E-state index in [0.717, 1.165) is 24.8 Å². The van der Waals surface area contributed by atoms with Crippen LogP contribution in [0.3, 0.4) is 0 Å². The van der Waals surface area contributed by atoms with Gasteiger partial charge in [-0.05, 0) is 56.4 Å². The molecule has 0 saturated carbocycles. The Kier molecular flexibility index (Phi) is 5.77. The number of hydrogen-bond acceptors (Lipinski definition) is 5. The molecule has 1 aliphatic carbocycles. The SMILES string of the molecule is CC1CN(S(=O)(=O)N2CCN(S(=O)(=O)c3ccc4c(c3)CCC4)CC2)CC(C)O1. The molecule has 1 aromatic carbocycles. The Morgan fingerprint density at radius 1 is 0.828 bits per heavy atom. The standard InChI is InChI=1S/C19H29N3O5S2/c1-15-13-22(14-16(2)27-15)29(25,26)21-10-8-20(9-11-21)28(23,24)19-7-6-17-4-3-5-18(17)12-19/h6-7,12,15-16H,3-5,8-11,13-14H2,1-2H3. The predicted octanol–water partition coefficient (Wildman–Crippen LogP) is 0.836. The van der Waals surface area contributed by atoms with Gasteiger partial charge in [-0.15, -0.1) is 0 Å². The van der Waals surface area contributed by atoms with E-state index in [-0.39, 0.29) is 38.4 Å². The van der Waals surface area contributed by atoms with Gasteiger partial charge in [0.15, 0.2) is 0 Å². The van der Waals surface area contributed by atoms with E-state index in [4.69, 9.17) is 4.74 Å². The molecule has 29 heavy (non-hydrogen) atoms. The van der Waals surface area contributed by atoms with Crippen molar-refractivity contribution >= 4 is 20.2 Å². The van der Waals surface area contributed by atoms with Crippen molar-refractivity contribution in [1.82, 2.24) is 12.9 Å². The topological polar surface area (TPSA) is 87.2 Å². The normalized spacial score (nSPS) is 27.8. The summed E-state index contributed by atoms with van der Waals surface area (Å²) in [6, 6.07) is 5.38. The van der Waals surface area contributed by atoms with Crippen molar-refractivity contribution < 1.29 is 21.6 Å². The van der Waals surface area contributed by atoms with E-state index in [2.05, 4.69) is 0 Å². The zero-order valence-electron chi connectivity index (χ0n) is 17.0. The average Bonchev–Trinajstić information content (AvgIpc) is 3.15. The minimum absolute atomic E-state index is 0.157. The fraction of sp³-hybridized carbons (Fsp3) is 0.684. The number of ether oxygens (including phenoxy) is 1. The van der Waals surface area contributed by atoms with E-state index in [1.165, 1.54) is 18.5 Å².